The van der Waals surface area contributed by atoms with Crippen molar-refractivity contribution in [3.8, 4) is 0 Å². The van der Waals surface area contributed by atoms with Crippen molar-refractivity contribution in [3.63, 3.8) is 0 Å². The van der Waals surface area contributed by atoms with E-state index < -0.39 is 0 Å². The lowest BCUT2D eigenvalue weighted by atomic mass is 10.1. The lowest BCUT2D eigenvalue weighted by Crippen LogP contribution is -1.95. The van der Waals surface area contributed by atoms with Gasteiger partial charge >= 0.3 is 0 Å². The van der Waals surface area contributed by atoms with E-state index in [0.717, 1.165) is 29.6 Å². The molecule has 10 heavy (non-hydrogen) atoms. The van der Waals surface area contributed by atoms with E-state index in [1.807, 2.05) is 13.8 Å². The third-order valence-corrected chi connectivity index (χ3v) is 1.88. The van der Waals surface area contributed by atoms with Crippen molar-refractivity contribution in [1.82, 2.24) is 0 Å². The van der Waals surface area contributed by atoms with Crippen molar-refractivity contribution >= 4 is 5.78 Å². The van der Waals surface area contributed by atoms with Crippen molar-refractivity contribution in [2.45, 2.75) is 26.7 Å². The molecule has 1 saturated carbocycles. The van der Waals surface area contributed by atoms with Crippen LogP contribution in [0.3, 0.4) is 0 Å². The van der Waals surface area contributed by atoms with Crippen LogP contribution >= 0.6 is 0 Å². The minimum atomic E-state index is 0.181. The number of hydrogen-bond acceptors (Lipinski definition) is 1. The first-order chi connectivity index (χ1) is 4.63. The molecule has 54 valence electrons. The lowest BCUT2D eigenvalue weighted by molar-refractivity contribution is -0.111. The summed E-state index contributed by atoms with van der Waals surface area (Å²) in [5, 5.41) is 0. The van der Waals surface area contributed by atoms with E-state index in [0.29, 0.717) is 0 Å². The third kappa shape index (κ3) is 1.04. The molecule has 0 bridgehead atoms. The van der Waals surface area contributed by atoms with E-state index in [9.17, 15) is 4.79 Å². The van der Waals surface area contributed by atoms with Gasteiger partial charge in [-0.05, 0) is 37.8 Å². The van der Waals surface area contributed by atoms with Crippen molar-refractivity contribution in [3.05, 3.63) is 23.3 Å². The van der Waals surface area contributed by atoms with Gasteiger partial charge in [0.2, 0.25) is 0 Å². The van der Waals surface area contributed by atoms with Crippen LogP contribution in [0.5, 0.6) is 0 Å². The molecule has 1 nitrogen and oxygen atoms in total. The average molecular weight is 136 g/mol. The van der Waals surface area contributed by atoms with E-state index in [2.05, 4.69) is 6.58 Å². The highest BCUT2D eigenvalue weighted by Gasteiger charge is 2.21. The number of carbonyl (C=O) groups is 1. The first kappa shape index (κ1) is 7.26. The Labute approximate surface area is 61.4 Å². The van der Waals surface area contributed by atoms with Gasteiger partial charge in [0.1, 0.15) is 0 Å². The van der Waals surface area contributed by atoms with Gasteiger partial charge in [-0.3, -0.25) is 4.79 Å². The molecule has 1 heteroatoms. The van der Waals surface area contributed by atoms with Gasteiger partial charge in [0.05, 0.1) is 0 Å². The topological polar surface area (TPSA) is 17.1 Å². The van der Waals surface area contributed by atoms with Gasteiger partial charge in [0, 0.05) is 0 Å². The Morgan fingerprint density at radius 3 is 2.20 bits per heavy atom. The first-order valence-electron chi connectivity index (χ1n) is 3.51. The zero-order valence-electron chi connectivity index (χ0n) is 6.53. The molecule has 0 aromatic heterocycles. The molecule has 0 spiro atoms. The summed E-state index contributed by atoms with van der Waals surface area (Å²) in [6, 6.07) is 0. The van der Waals surface area contributed by atoms with E-state index in [-0.39, 0.29) is 5.78 Å². The number of hydrogen-bond donors (Lipinski definition) is 0. The molecule has 0 atom stereocenters. The van der Waals surface area contributed by atoms with Crippen molar-refractivity contribution < 1.29 is 4.79 Å². The lowest BCUT2D eigenvalue weighted by Gasteiger charge is -1.94. The standard InChI is InChI=1S/C9H12O/c1-6(2)8-5-4-7(3)9(8)10/h3-5H2,1-2H3. The SMILES string of the molecule is C=C1CCC(=C(C)C)C1=O. The summed E-state index contributed by atoms with van der Waals surface area (Å²) in [7, 11) is 0. The predicted octanol–water partition coefficient (Wildman–Crippen LogP) is 2.24. The first-order valence-corrected chi connectivity index (χ1v) is 3.51. The minimum Gasteiger partial charge on any atom is -0.289 e. The maximum atomic E-state index is 11.2. The molecule has 0 aliphatic heterocycles. The molecule has 0 amide bonds. The van der Waals surface area contributed by atoms with Crippen LogP contribution in [0.25, 0.3) is 0 Å². The smallest absolute Gasteiger partial charge is 0.184 e. The van der Waals surface area contributed by atoms with Gasteiger partial charge in [0.25, 0.3) is 0 Å². The molecular formula is C9H12O. The van der Waals surface area contributed by atoms with Crippen LogP contribution in [-0.2, 0) is 4.79 Å². The molecule has 0 aromatic carbocycles. The maximum absolute atomic E-state index is 11.2. The molecule has 1 rings (SSSR count). The summed E-state index contributed by atoms with van der Waals surface area (Å²) in [5.41, 5.74) is 2.89. The predicted molar refractivity (Wildman–Crippen MR) is 41.8 cm³/mol. The Kier molecular flexibility index (Phi) is 1.75. The summed E-state index contributed by atoms with van der Waals surface area (Å²) >= 11 is 0. The van der Waals surface area contributed by atoms with Gasteiger partial charge in [-0.2, -0.15) is 0 Å². The molecule has 0 unspecified atom stereocenters. The van der Waals surface area contributed by atoms with Gasteiger partial charge in [-0.15, -0.1) is 0 Å². The maximum Gasteiger partial charge on any atom is 0.184 e. The second kappa shape index (κ2) is 2.41. The van der Waals surface area contributed by atoms with Crippen LogP contribution in [0, 0.1) is 0 Å². The van der Waals surface area contributed by atoms with Gasteiger partial charge < -0.3 is 0 Å². The fourth-order valence-corrected chi connectivity index (χ4v) is 1.19. The zero-order chi connectivity index (χ0) is 7.72. The largest absolute Gasteiger partial charge is 0.289 e. The van der Waals surface area contributed by atoms with Crippen molar-refractivity contribution in [2.75, 3.05) is 0 Å². The average Bonchev–Trinajstić information content (AvgIpc) is 2.14. The van der Waals surface area contributed by atoms with Gasteiger partial charge in [-0.1, -0.05) is 12.2 Å². The van der Waals surface area contributed by atoms with E-state index >= 15 is 0 Å². The summed E-state index contributed by atoms with van der Waals surface area (Å²) in [4.78, 5) is 11.2. The van der Waals surface area contributed by atoms with E-state index in [1.54, 1.807) is 0 Å². The van der Waals surface area contributed by atoms with Gasteiger partial charge in [-0.25, -0.2) is 0 Å². The monoisotopic (exact) mass is 136 g/mol. The molecule has 0 radical (unpaired) electrons. The van der Waals surface area contributed by atoms with Crippen LogP contribution in [-0.4, -0.2) is 5.78 Å². The number of ketones is 1. The highest BCUT2D eigenvalue weighted by Crippen LogP contribution is 2.26. The van der Waals surface area contributed by atoms with Gasteiger partial charge in [0.15, 0.2) is 5.78 Å². The third-order valence-electron chi connectivity index (χ3n) is 1.88. The van der Waals surface area contributed by atoms with Crippen LogP contribution in [0.1, 0.15) is 26.7 Å². The van der Waals surface area contributed by atoms with Crippen LogP contribution in [0.15, 0.2) is 23.3 Å². The molecule has 0 N–H and O–H groups in total. The minimum absolute atomic E-state index is 0.181. The molecular weight excluding hydrogens is 124 g/mol. The molecule has 0 saturated heterocycles. The molecule has 0 heterocycles. The van der Waals surface area contributed by atoms with Crippen LogP contribution < -0.4 is 0 Å². The fraction of sp³-hybridized carbons (Fsp3) is 0.444. The summed E-state index contributed by atoms with van der Waals surface area (Å²) < 4.78 is 0. The number of Topliss-reactive ketones (excluding diaryl/α,β-unsaturated/α-hetero) is 1. The Morgan fingerprint density at radius 1 is 1.40 bits per heavy atom. The van der Waals surface area contributed by atoms with Crippen molar-refractivity contribution in [2.24, 2.45) is 0 Å². The highest BCUT2D eigenvalue weighted by atomic mass is 16.1. The normalized spacial score (nSPS) is 18.4. The summed E-state index contributed by atoms with van der Waals surface area (Å²) in [6.45, 7) is 7.64. The van der Waals surface area contributed by atoms with Crippen LogP contribution in [0.2, 0.25) is 0 Å². The number of rotatable bonds is 0. The Bertz CT molecular complexity index is 217. The Balaban J connectivity index is 2.97. The second-order valence-corrected chi connectivity index (χ2v) is 2.91. The summed E-state index contributed by atoms with van der Waals surface area (Å²) in [5.74, 6) is 0.181. The molecule has 1 aliphatic rings. The zero-order valence-corrected chi connectivity index (χ0v) is 6.53. The molecule has 1 aliphatic carbocycles. The van der Waals surface area contributed by atoms with E-state index in [1.165, 1.54) is 0 Å². The number of carbonyl (C=O) groups excluding carboxylic acids is 1. The quantitative estimate of drug-likeness (QED) is 0.467. The second-order valence-electron chi connectivity index (χ2n) is 2.91. The van der Waals surface area contributed by atoms with E-state index in [4.69, 9.17) is 0 Å². The highest BCUT2D eigenvalue weighted by molar-refractivity contribution is 6.10. The number of allylic oxidation sites excluding steroid dienone is 3. The van der Waals surface area contributed by atoms with Crippen molar-refractivity contribution in [1.29, 1.82) is 0 Å². The Hall–Kier alpha value is -0.850. The van der Waals surface area contributed by atoms with Crippen LogP contribution in [0.4, 0.5) is 0 Å². The molecule has 0 aromatic rings. The molecule has 1 fully saturated rings. The Morgan fingerprint density at radius 2 is 2.00 bits per heavy atom. The summed E-state index contributed by atoms with van der Waals surface area (Å²) in [6.07, 6.45) is 1.76. The fourth-order valence-electron chi connectivity index (χ4n) is 1.19.